The van der Waals surface area contributed by atoms with E-state index >= 15 is 0 Å². The third-order valence-corrected chi connectivity index (χ3v) is 14.6. The van der Waals surface area contributed by atoms with Crippen molar-refractivity contribution in [2.75, 3.05) is 9.80 Å². The van der Waals surface area contributed by atoms with Crippen molar-refractivity contribution in [3.05, 3.63) is 289 Å². The van der Waals surface area contributed by atoms with Gasteiger partial charge in [-0.05, 0) is 111 Å². The molecule has 1 heterocycles. The van der Waals surface area contributed by atoms with Crippen LogP contribution in [0.15, 0.2) is 271 Å². The summed E-state index contributed by atoms with van der Waals surface area (Å²) in [6, 6.07) is 97.1. The van der Waals surface area contributed by atoms with Gasteiger partial charge in [0.1, 0.15) is 11.2 Å². The molecule has 0 N–H and O–H groups in total. The van der Waals surface area contributed by atoms with Crippen LogP contribution < -0.4 is 9.80 Å². The number of hydrogen-bond acceptors (Lipinski definition) is 3. The summed E-state index contributed by atoms with van der Waals surface area (Å²) in [5, 5.41) is 2.16. The minimum atomic E-state index is -0.710. The fraction of sp³-hybridized carbons (Fsp3) is 0.0149. The molecule has 0 bridgehead atoms. The highest BCUT2D eigenvalue weighted by Gasteiger charge is 2.53. The summed E-state index contributed by atoms with van der Waals surface area (Å²) < 4.78 is 7.35. The normalized spacial score (nSPS) is 12.7. The fourth-order valence-electron chi connectivity index (χ4n) is 11.8. The van der Waals surface area contributed by atoms with Gasteiger partial charge in [-0.25, -0.2) is 0 Å². The predicted octanol–water partition coefficient (Wildman–Crippen LogP) is 18.2. The van der Waals surface area contributed by atoms with Gasteiger partial charge in [0.25, 0.3) is 0 Å². The molecule has 0 saturated carbocycles. The number of hydrogen-bond donors (Lipinski definition) is 0. The lowest BCUT2D eigenvalue weighted by Gasteiger charge is -2.34. The summed E-state index contributed by atoms with van der Waals surface area (Å²) in [6.07, 6.45) is 0. The lowest BCUT2D eigenvalue weighted by atomic mass is 9.70. The van der Waals surface area contributed by atoms with Crippen LogP contribution in [0.1, 0.15) is 22.3 Å². The number of anilines is 6. The van der Waals surface area contributed by atoms with Crippen LogP contribution in [0.3, 0.4) is 0 Å². The Hall–Kier alpha value is -9.18. The first-order chi connectivity index (χ1) is 34.8. The van der Waals surface area contributed by atoms with Gasteiger partial charge in [-0.3, -0.25) is 0 Å². The molecule has 12 aromatic rings. The average Bonchev–Trinajstić information content (AvgIpc) is 4.08. The van der Waals surface area contributed by atoms with Crippen molar-refractivity contribution >= 4 is 56.1 Å². The number of rotatable bonds is 8. The second-order valence-electron chi connectivity index (χ2n) is 18.3. The molecule has 1 spiro atoms. The van der Waals surface area contributed by atoms with Gasteiger partial charge in [0.15, 0.2) is 0 Å². The molecule has 3 heteroatoms. The summed E-state index contributed by atoms with van der Waals surface area (Å²) in [7, 11) is 0. The van der Waals surface area contributed by atoms with E-state index in [-0.39, 0.29) is 0 Å². The fourth-order valence-corrected chi connectivity index (χ4v) is 11.8. The zero-order valence-corrected chi connectivity index (χ0v) is 38.2. The highest BCUT2D eigenvalue weighted by atomic mass is 16.3. The first-order valence-corrected chi connectivity index (χ1v) is 24.1. The second kappa shape index (κ2) is 16.0. The van der Waals surface area contributed by atoms with Crippen molar-refractivity contribution in [3.8, 4) is 44.5 Å². The highest BCUT2D eigenvalue weighted by Crippen LogP contribution is 2.66. The van der Waals surface area contributed by atoms with Gasteiger partial charge in [0, 0.05) is 39.1 Å². The molecule has 0 atom stereocenters. The van der Waals surface area contributed by atoms with Crippen LogP contribution in [-0.2, 0) is 5.41 Å². The van der Waals surface area contributed by atoms with Crippen molar-refractivity contribution in [3.63, 3.8) is 0 Å². The Morgan fingerprint density at radius 3 is 1.37 bits per heavy atom. The lowest BCUT2D eigenvalue weighted by Crippen LogP contribution is -2.26. The van der Waals surface area contributed by atoms with Gasteiger partial charge in [0.2, 0.25) is 0 Å². The molecule has 70 heavy (non-hydrogen) atoms. The van der Waals surface area contributed by atoms with Crippen LogP contribution >= 0.6 is 0 Å². The van der Waals surface area contributed by atoms with E-state index in [2.05, 4.69) is 277 Å². The third-order valence-electron chi connectivity index (χ3n) is 14.6. The zero-order chi connectivity index (χ0) is 46.2. The maximum atomic E-state index is 7.35. The Kier molecular flexibility index (Phi) is 9.11. The van der Waals surface area contributed by atoms with Crippen LogP contribution in [-0.4, -0.2) is 0 Å². The Morgan fingerprint density at radius 1 is 0.300 bits per heavy atom. The summed E-state index contributed by atoms with van der Waals surface area (Å²) in [5.41, 5.74) is 21.9. The third kappa shape index (κ3) is 5.88. The molecule has 2 aliphatic rings. The van der Waals surface area contributed by atoms with Crippen LogP contribution in [0, 0.1) is 0 Å². The van der Waals surface area contributed by atoms with E-state index < -0.39 is 5.41 Å². The summed E-state index contributed by atoms with van der Waals surface area (Å²) >= 11 is 0. The Balaban J connectivity index is 1.12. The number of nitrogens with zero attached hydrogens (tertiary/aromatic N) is 2. The van der Waals surface area contributed by atoms with Gasteiger partial charge in [-0.1, -0.05) is 206 Å². The summed E-state index contributed by atoms with van der Waals surface area (Å²) in [4.78, 5) is 4.91. The van der Waals surface area contributed by atoms with E-state index in [9.17, 15) is 0 Å². The van der Waals surface area contributed by atoms with E-state index in [4.69, 9.17) is 4.42 Å². The van der Waals surface area contributed by atoms with Gasteiger partial charge >= 0.3 is 0 Å². The van der Waals surface area contributed by atoms with Gasteiger partial charge in [0.05, 0.1) is 27.9 Å². The summed E-state index contributed by atoms with van der Waals surface area (Å²) in [6.45, 7) is 0. The molecule has 0 unspecified atom stereocenters. The minimum absolute atomic E-state index is 0.710. The van der Waals surface area contributed by atoms with Crippen molar-refractivity contribution in [1.29, 1.82) is 0 Å². The molecule has 1 aromatic heterocycles. The van der Waals surface area contributed by atoms with Gasteiger partial charge in [-0.15, -0.1) is 0 Å². The maximum absolute atomic E-state index is 7.35. The molecule has 3 nitrogen and oxygen atoms in total. The van der Waals surface area contributed by atoms with Crippen molar-refractivity contribution in [2.45, 2.75) is 5.41 Å². The van der Waals surface area contributed by atoms with Crippen LogP contribution in [0.5, 0.6) is 0 Å². The minimum Gasteiger partial charge on any atom is -0.455 e. The molecular formula is C67H44N2O. The van der Waals surface area contributed by atoms with E-state index in [1.165, 1.54) is 44.5 Å². The monoisotopic (exact) mass is 892 g/mol. The zero-order valence-electron chi connectivity index (χ0n) is 38.2. The maximum Gasteiger partial charge on any atom is 0.145 e. The number of para-hydroxylation sites is 5. The van der Waals surface area contributed by atoms with Crippen LogP contribution in [0.2, 0.25) is 0 Å². The molecule has 0 amide bonds. The Labute approximate surface area is 407 Å². The smallest absolute Gasteiger partial charge is 0.145 e. The second-order valence-corrected chi connectivity index (χ2v) is 18.3. The summed E-state index contributed by atoms with van der Waals surface area (Å²) in [5.74, 6) is 0. The van der Waals surface area contributed by atoms with Gasteiger partial charge < -0.3 is 14.2 Å². The van der Waals surface area contributed by atoms with Crippen molar-refractivity contribution in [2.24, 2.45) is 0 Å². The average molecular weight is 893 g/mol. The standard InChI is InChI=1S/C67H44N2O/c1-5-23-45(24-6-1)50-31-15-20-38-60(50)68(47-27-9-3-10-28-47)49-41-42-54-58(43-49)67(56-36-18-13-33-52(56)53-34-14-19-37-57(53)67)59-44-62(65-55-35-17-22-40-63(55)70-66(65)64(54)59)69(48-29-11-4-12-30-48)61-39-21-16-32-51(61)46-25-7-2-8-26-46/h1-44H. The van der Waals surface area contributed by atoms with Crippen molar-refractivity contribution < 1.29 is 4.42 Å². The Morgan fingerprint density at radius 2 is 0.771 bits per heavy atom. The lowest BCUT2D eigenvalue weighted by molar-refractivity contribution is 0.669. The molecular weight excluding hydrogens is 849 g/mol. The molecule has 328 valence electrons. The van der Waals surface area contributed by atoms with Gasteiger partial charge in [-0.2, -0.15) is 0 Å². The highest BCUT2D eigenvalue weighted by molar-refractivity contribution is 6.20. The van der Waals surface area contributed by atoms with Crippen molar-refractivity contribution in [1.82, 2.24) is 0 Å². The van der Waals surface area contributed by atoms with E-state index in [0.29, 0.717) is 0 Å². The molecule has 0 aliphatic heterocycles. The van der Waals surface area contributed by atoms with Crippen LogP contribution in [0.4, 0.5) is 34.1 Å². The molecule has 2 aliphatic carbocycles. The Bertz CT molecular complexity index is 3910. The van der Waals surface area contributed by atoms with E-state index in [1.807, 2.05) is 0 Å². The number of furan rings is 1. The molecule has 0 fully saturated rings. The topological polar surface area (TPSA) is 19.6 Å². The SMILES string of the molecule is c1ccc(-c2ccccc2N(c2ccccc2)c2ccc3c(c2)C2(c4ccccc4-c4ccccc42)c2cc(N(c4ccccc4)c4ccccc4-c4ccccc4)c4c(oc5ccccc54)c2-3)cc1. The molecule has 0 saturated heterocycles. The largest absolute Gasteiger partial charge is 0.455 e. The quantitative estimate of drug-likeness (QED) is 0.152. The molecule has 14 rings (SSSR count). The van der Waals surface area contributed by atoms with Crippen LogP contribution in [0.25, 0.3) is 66.4 Å². The van der Waals surface area contributed by atoms with E-state index in [1.54, 1.807) is 0 Å². The molecule has 0 radical (unpaired) electrons. The number of fused-ring (bicyclic) bond motifs is 14. The molecule has 11 aromatic carbocycles. The first kappa shape index (κ1) is 39.9. The number of benzene rings is 11. The van der Waals surface area contributed by atoms with E-state index in [0.717, 1.165) is 78.3 Å². The predicted molar refractivity (Wildman–Crippen MR) is 290 cm³/mol. The first-order valence-electron chi connectivity index (χ1n) is 24.1.